The summed E-state index contributed by atoms with van der Waals surface area (Å²) in [6.07, 6.45) is 1.88. The van der Waals surface area contributed by atoms with Gasteiger partial charge in [-0.2, -0.15) is 5.10 Å². The minimum atomic E-state index is 0.711. The third kappa shape index (κ3) is 2.84. The Kier molecular flexibility index (Phi) is 4.22. The maximum absolute atomic E-state index is 6.43. The molecule has 5 rings (SSSR count). The SMILES string of the molecule is COc1cccc2c1ncc1c(-c3ccccc3)nn(-c3ccc(C)c(Cl)c3)c12. The van der Waals surface area contributed by atoms with E-state index in [4.69, 9.17) is 26.4 Å². The van der Waals surface area contributed by atoms with Gasteiger partial charge in [-0.05, 0) is 30.7 Å². The molecule has 0 aliphatic rings. The van der Waals surface area contributed by atoms with E-state index in [1.54, 1.807) is 7.11 Å². The van der Waals surface area contributed by atoms with Crippen LogP contribution in [0.5, 0.6) is 5.75 Å². The number of pyridine rings is 1. The van der Waals surface area contributed by atoms with Crippen LogP contribution in [0.3, 0.4) is 0 Å². The third-order valence-corrected chi connectivity index (χ3v) is 5.57. The molecular formula is C24H18ClN3O. The molecule has 0 atom stereocenters. The molecule has 3 aromatic carbocycles. The number of benzene rings is 3. The average Bonchev–Trinajstić information content (AvgIpc) is 3.16. The molecule has 0 unspecified atom stereocenters. The van der Waals surface area contributed by atoms with Crippen molar-refractivity contribution in [3.8, 4) is 22.7 Å². The zero-order valence-electron chi connectivity index (χ0n) is 16.1. The second-order valence-electron chi connectivity index (χ2n) is 6.94. The highest BCUT2D eigenvalue weighted by Crippen LogP contribution is 2.36. The maximum atomic E-state index is 6.43. The van der Waals surface area contributed by atoms with E-state index in [9.17, 15) is 0 Å². The number of aromatic nitrogens is 3. The van der Waals surface area contributed by atoms with Crippen molar-refractivity contribution in [1.29, 1.82) is 0 Å². The van der Waals surface area contributed by atoms with E-state index in [0.717, 1.165) is 50.1 Å². The lowest BCUT2D eigenvalue weighted by molar-refractivity contribution is 0.419. The summed E-state index contributed by atoms with van der Waals surface area (Å²) in [5, 5.41) is 7.65. The Morgan fingerprint density at radius 3 is 2.52 bits per heavy atom. The van der Waals surface area contributed by atoms with Gasteiger partial charge in [0.25, 0.3) is 0 Å². The number of methoxy groups -OCH3 is 1. The molecule has 0 N–H and O–H groups in total. The van der Waals surface area contributed by atoms with Crippen LogP contribution < -0.4 is 4.74 Å². The van der Waals surface area contributed by atoms with Gasteiger partial charge in [0, 0.05) is 27.6 Å². The van der Waals surface area contributed by atoms with E-state index < -0.39 is 0 Å². The summed E-state index contributed by atoms with van der Waals surface area (Å²) in [5.41, 5.74) is 5.65. The number of fused-ring (bicyclic) bond motifs is 3. The zero-order chi connectivity index (χ0) is 20.0. The third-order valence-electron chi connectivity index (χ3n) is 5.17. The van der Waals surface area contributed by atoms with Crippen molar-refractivity contribution in [3.05, 3.63) is 83.5 Å². The maximum Gasteiger partial charge on any atom is 0.145 e. The fraction of sp³-hybridized carbons (Fsp3) is 0.0833. The second kappa shape index (κ2) is 6.90. The molecule has 0 saturated carbocycles. The van der Waals surface area contributed by atoms with Crippen LogP contribution in [0.15, 0.2) is 72.9 Å². The molecule has 2 aromatic heterocycles. The molecule has 0 spiro atoms. The molecule has 29 heavy (non-hydrogen) atoms. The Morgan fingerprint density at radius 2 is 1.76 bits per heavy atom. The lowest BCUT2D eigenvalue weighted by atomic mass is 10.1. The number of aryl methyl sites for hydroxylation is 1. The number of hydrogen-bond donors (Lipinski definition) is 0. The van der Waals surface area contributed by atoms with E-state index in [2.05, 4.69) is 18.2 Å². The molecule has 0 aliphatic heterocycles. The van der Waals surface area contributed by atoms with Gasteiger partial charge in [-0.1, -0.05) is 60.1 Å². The molecule has 0 aliphatic carbocycles. The molecule has 0 bridgehead atoms. The molecule has 142 valence electrons. The first-order valence-corrected chi connectivity index (χ1v) is 9.71. The number of hydrogen-bond acceptors (Lipinski definition) is 3. The van der Waals surface area contributed by atoms with Crippen molar-refractivity contribution in [1.82, 2.24) is 14.8 Å². The average molecular weight is 400 g/mol. The fourth-order valence-corrected chi connectivity index (χ4v) is 3.84. The Balaban J connectivity index is 1.92. The van der Waals surface area contributed by atoms with Crippen molar-refractivity contribution >= 4 is 33.4 Å². The van der Waals surface area contributed by atoms with Crippen LogP contribution in [0, 0.1) is 6.92 Å². The minimum absolute atomic E-state index is 0.711. The van der Waals surface area contributed by atoms with E-state index in [1.165, 1.54) is 0 Å². The zero-order valence-corrected chi connectivity index (χ0v) is 16.8. The molecule has 5 aromatic rings. The first kappa shape index (κ1) is 17.7. The number of halogens is 1. The Hall–Kier alpha value is -3.37. The van der Waals surface area contributed by atoms with Gasteiger partial charge in [0.2, 0.25) is 0 Å². The van der Waals surface area contributed by atoms with Gasteiger partial charge in [0.1, 0.15) is 17.0 Å². The highest BCUT2D eigenvalue weighted by Gasteiger charge is 2.18. The molecule has 2 heterocycles. The summed E-state index contributed by atoms with van der Waals surface area (Å²) in [5.74, 6) is 0.736. The molecule has 0 saturated heterocycles. The van der Waals surface area contributed by atoms with E-state index in [0.29, 0.717) is 5.02 Å². The van der Waals surface area contributed by atoms with Crippen molar-refractivity contribution < 1.29 is 4.74 Å². The van der Waals surface area contributed by atoms with Crippen LogP contribution in [0.4, 0.5) is 0 Å². The largest absolute Gasteiger partial charge is 0.494 e. The topological polar surface area (TPSA) is 39.9 Å². The van der Waals surface area contributed by atoms with Crippen LogP contribution in [0.25, 0.3) is 38.8 Å². The highest BCUT2D eigenvalue weighted by atomic mass is 35.5. The fourth-order valence-electron chi connectivity index (χ4n) is 3.66. The van der Waals surface area contributed by atoms with Crippen molar-refractivity contribution in [2.24, 2.45) is 0 Å². The summed E-state index contributed by atoms with van der Waals surface area (Å²) in [6, 6.07) is 22.1. The summed E-state index contributed by atoms with van der Waals surface area (Å²) < 4.78 is 7.49. The van der Waals surface area contributed by atoms with Crippen LogP contribution >= 0.6 is 11.6 Å². The van der Waals surface area contributed by atoms with Gasteiger partial charge < -0.3 is 4.74 Å². The highest BCUT2D eigenvalue weighted by molar-refractivity contribution is 6.31. The summed E-state index contributed by atoms with van der Waals surface area (Å²) in [7, 11) is 1.66. The number of ether oxygens (including phenoxy) is 1. The van der Waals surface area contributed by atoms with Crippen LogP contribution in [-0.4, -0.2) is 21.9 Å². The molecule has 5 heteroatoms. The number of nitrogens with zero attached hydrogens (tertiary/aromatic N) is 3. The van der Waals surface area contributed by atoms with Crippen LogP contribution in [0.2, 0.25) is 5.02 Å². The van der Waals surface area contributed by atoms with Gasteiger partial charge in [-0.25, -0.2) is 4.68 Å². The molecule has 4 nitrogen and oxygen atoms in total. The van der Waals surface area contributed by atoms with Gasteiger partial charge in [-0.15, -0.1) is 0 Å². The Bertz CT molecular complexity index is 1360. The molecule has 0 fully saturated rings. The lowest BCUT2D eigenvalue weighted by Gasteiger charge is -2.09. The summed E-state index contributed by atoms with van der Waals surface area (Å²) in [4.78, 5) is 4.70. The van der Waals surface area contributed by atoms with Crippen molar-refractivity contribution in [3.63, 3.8) is 0 Å². The van der Waals surface area contributed by atoms with E-state index in [1.807, 2.05) is 66.3 Å². The normalized spacial score (nSPS) is 11.3. The van der Waals surface area contributed by atoms with Crippen LogP contribution in [0.1, 0.15) is 5.56 Å². The number of rotatable bonds is 3. The molecular weight excluding hydrogens is 382 g/mol. The van der Waals surface area contributed by atoms with E-state index >= 15 is 0 Å². The van der Waals surface area contributed by atoms with E-state index in [-0.39, 0.29) is 0 Å². The minimum Gasteiger partial charge on any atom is -0.494 e. The quantitative estimate of drug-likeness (QED) is 0.362. The van der Waals surface area contributed by atoms with Gasteiger partial charge >= 0.3 is 0 Å². The predicted octanol–water partition coefficient (Wildman–Crippen LogP) is 6.21. The molecule has 0 amide bonds. The van der Waals surface area contributed by atoms with Gasteiger partial charge in [0.15, 0.2) is 0 Å². The predicted molar refractivity (Wildman–Crippen MR) is 118 cm³/mol. The molecule has 0 radical (unpaired) electrons. The summed E-state index contributed by atoms with van der Waals surface area (Å²) >= 11 is 6.43. The van der Waals surface area contributed by atoms with Crippen molar-refractivity contribution in [2.75, 3.05) is 7.11 Å². The first-order chi connectivity index (χ1) is 14.2. The Morgan fingerprint density at radius 1 is 0.931 bits per heavy atom. The van der Waals surface area contributed by atoms with Crippen molar-refractivity contribution in [2.45, 2.75) is 6.92 Å². The standard InChI is InChI=1S/C24H18ClN3O/c1-15-11-12-17(13-20(15)25)28-24-18-9-6-10-21(29-2)23(18)26-14-19(24)22(27-28)16-7-4-3-5-8-16/h3-14H,1-2H3. The van der Waals surface area contributed by atoms with Gasteiger partial charge in [0.05, 0.1) is 18.3 Å². The second-order valence-corrected chi connectivity index (χ2v) is 7.34. The monoisotopic (exact) mass is 399 g/mol. The first-order valence-electron chi connectivity index (χ1n) is 9.34. The Labute approximate surface area is 173 Å². The van der Waals surface area contributed by atoms with Gasteiger partial charge in [-0.3, -0.25) is 4.98 Å². The summed E-state index contributed by atoms with van der Waals surface area (Å²) in [6.45, 7) is 1.99. The smallest absolute Gasteiger partial charge is 0.145 e. The van der Waals surface area contributed by atoms with Crippen LogP contribution in [-0.2, 0) is 0 Å². The lowest BCUT2D eigenvalue weighted by Crippen LogP contribution is -1.98. The number of para-hydroxylation sites is 1.